The molecule has 0 bridgehead atoms. The van der Waals surface area contributed by atoms with Gasteiger partial charge in [-0.2, -0.15) is 4.57 Å². The predicted molar refractivity (Wildman–Crippen MR) is 68.8 cm³/mol. The Labute approximate surface area is 111 Å². The lowest BCUT2D eigenvalue weighted by atomic mass is 10.2. The Morgan fingerprint density at radius 2 is 2.21 bits per heavy atom. The number of aromatic nitrogens is 1. The highest BCUT2D eigenvalue weighted by atomic mass is 16.5. The van der Waals surface area contributed by atoms with Crippen LogP contribution in [0.25, 0.3) is 0 Å². The van der Waals surface area contributed by atoms with Crippen LogP contribution in [-0.4, -0.2) is 18.1 Å². The van der Waals surface area contributed by atoms with Gasteiger partial charge < -0.3 is 9.84 Å². The van der Waals surface area contributed by atoms with E-state index in [2.05, 4.69) is 5.32 Å². The van der Waals surface area contributed by atoms with Crippen LogP contribution < -0.4 is 14.6 Å². The number of ether oxygens (including phenoxy) is 1. The van der Waals surface area contributed by atoms with Crippen molar-refractivity contribution in [2.24, 2.45) is 0 Å². The quantitative estimate of drug-likeness (QED) is 0.807. The van der Waals surface area contributed by atoms with Crippen LogP contribution in [0.3, 0.4) is 0 Å². The molecule has 0 atom stereocenters. The van der Waals surface area contributed by atoms with Crippen molar-refractivity contribution in [3.63, 3.8) is 0 Å². The van der Waals surface area contributed by atoms with Crippen molar-refractivity contribution in [3.05, 3.63) is 54.4 Å². The van der Waals surface area contributed by atoms with Crippen LogP contribution in [0, 0.1) is 0 Å². The second-order valence-electron chi connectivity index (χ2n) is 3.97. The number of carbonyl (C=O) groups is 1. The minimum atomic E-state index is -0.199. The van der Waals surface area contributed by atoms with Gasteiger partial charge in [-0.15, -0.1) is 0 Å². The van der Waals surface area contributed by atoms with Gasteiger partial charge in [0.05, 0.1) is 7.11 Å². The van der Waals surface area contributed by atoms with Crippen molar-refractivity contribution in [2.75, 3.05) is 7.11 Å². The summed E-state index contributed by atoms with van der Waals surface area (Å²) in [6, 6.07) is 10.2. The standard InChI is InChI=1S/C14H14N2O3/c1-19-13-6-2-4-11(8-13)14(18)15-10-16-7-3-5-12(17)9-16/h2-9H,10H2,1H3,(H-,15,17,18)/p+1. The lowest BCUT2D eigenvalue weighted by Gasteiger charge is -2.04. The first kappa shape index (κ1) is 12.9. The van der Waals surface area contributed by atoms with Crippen LogP contribution in [0.15, 0.2) is 48.8 Å². The van der Waals surface area contributed by atoms with E-state index in [1.807, 2.05) is 0 Å². The van der Waals surface area contributed by atoms with Crippen LogP contribution in [0.4, 0.5) is 0 Å². The molecule has 5 heteroatoms. The molecule has 19 heavy (non-hydrogen) atoms. The maximum atomic E-state index is 11.9. The van der Waals surface area contributed by atoms with Gasteiger partial charge in [0, 0.05) is 11.6 Å². The maximum Gasteiger partial charge on any atom is 0.256 e. The number of nitrogens with zero attached hydrogens (tertiary/aromatic N) is 1. The number of hydrogen-bond donors (Lipinski definition) is 2. The van der Waals surface area contributed by atoms with Crippen molar-refractivity contribution < 1.29 is 19.2 Å². The van der Waals surface area contributed by atoms with E-state index in [1.54, 1.807) is 54.3 Å². The molecule has 2 rings (SSSR count). The first-order valence-electron chi connectivity index (χ1n) is 5.79. The second kappa shape index (κ2) is 5.86. The first-order chi connectivity index (χ1) is 9.19. The zero-order valence-electron chi connectivity index (χ0n) is 10.5. The fourth-order valence-corrected chi connectivity index (χ4v) is 1.64. The van der Waals surface area contributed by atoms with Crippen LogP contribution in [-0.2, 0) is 6.67 Å². The Morgan fingerprint density at radius 1 is 1.37 bits per heavy atom. The fourth-order valence-electron chi connectivity index (χ4n) is 1.64. The number of aromatic hydroxyl groups is 1. The monoisotopic (exact) mass is 259 g/mol. The number of rotatable bonds is 4. The molecule has 1 amide bonds. The summed E-state index contributed by atoms with van der Waals surface area (Å²) in [6.07, 6.45) is 3.29. The number of methoxy groups -OCH3 is 1. The van der Waals surface area contributed by atoms with Crippen molar-refractivity contribution in [2.45, 2.75) is 6.67 Å². The number of nitrogens with one attached hydrogen (secondary N) is 1. The van der Waals surface area contributed by atoms with Crippen LogP contribution in [0.1, 0.15) is 10.4 Å². The highest BCUT2D eigenvalue weighted by Crippen LogP contribution is 2.12. The molecule has 0 saturated carbocycles. The minimum Gasteiger partial charge on any atom is -0.503 e. The second-order valence-corrected chi connectivity index (χ2v) is 3.97. The number of amides is 1. The molecular formula is C14H15N2O3+. The van der Waals surface area contributed by atoms with E-state index in [1.165, 1.54) is 6.20 Å². The summed E-state index contributed by atoms with van der Waals surface area (Å²) in [6.45, 7) is 0.282. The van der Waals surface area contributed by atoms with Crippen molar-refractivity contribution in [1.82, 2.24) is 5.32 Å². The Bertz CT molecular complexity index is 584. The number of benzene rings is 1. The topological polar surface area (TPSA) is 62.4 Å². The summed E-state index contributed by atoms with van der Waals surface area (Å²) in [7, 11) is 1.56. The molecule has 0 fully saturated rings. The fraction of sp³-hybridized carbons (Fsp3) is 0.143. The van der Waals surface area contributed by atoms with E-state index in [4.69, 9.17) is 4.74 Å². The van der Waals surface area contributed by atoms with Gasteiger partial charge in [0.1, 0.15) is 5.75 Å². The van der Waals surface area contributed by atoms with E-state index < -0.39 is 0 Å². The first-order valence-corrected chi connectivity index (χ1v) is 5.79. The van der Waals surface area contributed by atoms with E-state index in [0.29, 0.717) is 11.3 Å². The SMILES string of the molecule is COc1cccc(C(=O)NC[n+]2cccc(O)c2)c1. The third-order valence-electron chi connectivity index (χ3n) is 2.60. The summed E-state index contributed by atoms with van der Waals surface area (Å²) in [5.41, 5.74) is 0.528. The van der Waals surface area contributed by atoms with Crippen molar-refractivity contribution in [1.29, 1.82) is 0 Å². The van der Waals surface area contributed by atoms with Crippen molar-refractivity contribution >= 4 is 5.91 Å². The smallest absolute Gasteiger partial charge is 0.256 e. The van der Waals surface area contributed by atoms with Gasteiger partial charge in [-0.05, 0) is 24.3 Å². The molecule has 0 aliphatic heterocycles. The third kappa shape index (κ3) is 3.45. The molecule has 0 unspecified atom stereocenters. The van der Waals surface area contributed by atoms with E-state index >= 15 is 0 Å². The van der Waals surface area contributed by atoms with Crippen LogP contribution in [0.5, 0.6) is 11.5 Å². The Hall–Kier alpha value is -2.56. The Kier molecular flexibility index (Phi) is 3.97. The zero-order chi connectivity index (χ0) is 13.7. The normalized spacial score (nSPS) is 9.95. The highest BCUT2D eigenvalue weighted by Gasteiger charge is 2.08. The van der Waals surface area contributed by atoms with Gasteiger partial charge >= 0.3 is 0 Å². The van der Waals surface area contributed by atoms with E-state index in [0.717, 1.165) is 0 Å². The lowest BCUT2D eigenvalue weighted by Crippen LogP contribution is -2.43. The molecule has 0 radical (unpaired) electrons. The third-order valence-corrected chi connectivity index (χ3v) is 2.60. The molecule has 5 nitrogen and oxygen atoms in total. The van der Waals surface area contributed by atoms with Gasteiger partial charge in [0.2, 0.25) is 12.9 Å². The summed E-state index contributed by atoms with van der Waals surface area (Å²) in [4.78, 5) is 11.9. The average Bonchev–Trinajstić information content (AvgIpc) is 2.45. The summed E-state index contributed by atoms with van der Waals surface area (Å²) >= 11 is 0. The molecule has 0 aliphatic rings. The summed E-state index contributed by atoms with van der Waals surface area (Å²) in [5.74, 6) is 0.588. The predicted octanol–water partition coefficient (Wildman–Crippen LogP) is 1.08. The number of carbonyl (C=O) groups excluding carboxylic acids is 1. The Balaban J connectivity index is 2.01. The molecular weight excluding hydrogens is 244 g/mol. The van der Waals surface area contributed by atoms with Crippen LogP contribution >= 0.6 is 0 Å². The highest BCUT2D eigenvalue weighted by molar-refractivity contribution is 5.94. The molecule has 2 N–H and O–H groups in total. The molecule has 98 valence electrons. The molecule has 0 spiro atoms. The van der Waals surface area contributed by atoms with Gasteiger partial charge in [0.25, 0.3) is 5.91 Å². The minimum absolute atomic E-state index is 0.151. The van der Waals surface area contributed by atoms with Gasteiger partial charge in [-0.3, -0.25) is 10.1 Å². The molecule has 1 aromatic heterocycles. The molecule has 2 aromatic rings. The number of hydrogen-bond acceptors (Lipinski definition) is 3. The molecule has 0 saturated heterocycles. The number of pyridine rings is 1. The summed E-state index contributed by atoms with van der Waals surface area (Å²) in [5, 5.41) is 12.1. The van der Waals surface area contributed by atoms with E-state index in [9.17, 15) is 9.90 Å². The van der Waals surface area contributed by atoms with Gasteiger partial charge in [-0.25, -0.2) is 0 Å². The largest absolute Gasteiger partial charge is 0.503 e. The van der Waals surface area contributed by atoms with Crippen molar-refractivity contribution in [3.8, 4) is 11.5 Å². The molecule has 0 aliphatic carbocycles. The molecule has 1 heterocycles. The Morgan fingerprint density at radius 3 is 2.95 bits per heavy atom. The van der Waals surface area contributed by atoms with Gasteiger partial charge in [-0.1, -0.05) is 6.07 Å². The van der Waals surface area contributed by atoms with E-state index in [-0.39, 0.29) is 18.3 Å². The zero-order valence-corrected chi connectivity index (χ0v) is 10.5. The maximum absolute atomic E-state index is 11.9. The average molecular weight is 259 g/mol. The molecule has 1 aromatic carbocycles. The summed E-state index contributed by atoms with van der Waals surface area (Å²) < 4.78 is 6.74. The lowest BCUT2D eigenvalue weighted by molar-refractivity contribution is -0.700. The van der Waals surface area contributed by atoms with Crippen LogP contribution in [0.2, 0.25) is 0 Å². The van der Waals surface area contributed by atoms with Gasteiger partial charge in [0.15, 0.2) is 11.9 Å².